The van der Waals surface area contributed by atoms with E-state index in [1.54, 1.807) is 27.7 Å². The van der Waals surface area contributed by atoms with Crippen molar-refractivity contribution in [2.75, 3.05) is 0 Å². The molecule has 0 aromatic carbocycles. The molecule has 0 amide bonds. The Morgan fingerprint density at radius 1 is 0.724 bits per heavy atom. The molecule has 4 N–H and O–H groups in total. The van der Waals surface area contributed by atoms with Crippen molar-refractivity contribution in [3.8, 4) is 0 Å². The Balaban J connectivity index is 0.000000523. The van der Waals surface area contributed by atoms with Crippen LogP contribution in [0, 0.1) is 0 Å². The standard InChI is InChI=1S/C9H16N3O2.C9H14N3O2.Ni/c2*1-6(11-13)8-4-3-5-9(10-8)7(2)12-14;/h8-9,13-14H,3-5H2,1-2H3;3-4,8-9,13-14H,5H2,1-2H3;/q2*-1;+2. The second-order valence-electron chi connectivity index (χ2n) is 6.85. The summed E-state index contributed by atoms with van der Waals surface area (Å²) in [6.07, 6.45) is 7.38. The van der Waals surface area contributed by atoms with Crippen molar-refractivity contribution in [1.82, 2.24) is 0 Å². The van der Waals surface area contributed by atoms with Crippen molar-refractivity contribution in [2.45, 2.75) is 77.5 Å². The molecule has 0 aromatic heterocycles. The van der Waals surface area contributed by atoms with Gasteiger partial charge in [0.2, 0.25) is 0 Å². The minimum absolute atomic E-state index is 0. The quantitative estimate of drug-likeness (QED) is 0.168. The Hall–Kier alpha value is -1.97. The van der Waals surface area contributed by atoms with Crippen molar-refractivity contribution >= 4 is 22.8 Å². The summed E-state index contributed by atoms with van der Waals surface area (Å²) in [6, 6.07) is -0.395. The van der Waals surface area contributed by atoms with Crippen molar-refractivity contribution < 1.29 is 37.3 Å². The molecule has 166 valence electrons. The van der Waals surface area contributed by atoms with Crippen LogP contribution in [0.2, 0.25) is 0 Å². The second kappa shape index (κ2) is 14.1. The van der Waals surface area contributed by atoms with E-state index in [2.05, 4.69) is 31.3 Å². The molecule has 0 saturated carbocycles. The van der Waals surface area contributed by atoms with Crippen LogP contribution in [0.25, 0.3) is 10.6 Å². The van der Waals surface area contributed by atoms with E-state index < -0.39 is 0 Å². The van der Waals surface area contributed by atoms with Gasteiger partial charge in [0.25, 0.3) is 0 Å². The average molecular weight is 453 g/mol. The van der Waals surface area contributed by atoms with E-state index in [1.165, 1.54) is 0 Å². The first kappa shape index (κ1) is 27.0. The number of nitrogens with zero attached hydrogens (tertiary/aromatic N) is 6. The van der Waals surface area contributed by atoms with Gasteiger partial charge in [0.1, 0.15) is 0 Å². The third kappa shape index (κ3) is 8.51. The van der Waals surface area contributed by atoms with Gasteiger partial charge in [-0.2, -0.15) is 0 Å². The van der Waals surface area contributed by atoms with Gasteiger partial charge in [-0.25, -0.2) is 0 Å². The van der Waals surface area contributed by atoms with Crippen molar-refractivity contribution in [3.05, 3.63) is 22.8 Å². The molecule has 1 saturated heterocycles. The van der Waals surface area contributed by atoms with Crippen LogP contribution in [0.3, 0.4) is 0 Å². The smallest absolute Gasteiger partial charge is 0.647 e. The largest absolute Gasteiger partial charge is 2.00 e. The summed E-state index contributed by atoms with van der Waals surface area (Å²) >= 11 is 0. The minimum Gasteiger partial charge on any atom is -0.647 e. The van der Waals surface area contributed by atoms with Crippen molar-refractivity contribution in [3.63, 3.8) is 0 Å². The first-order chi connectivity index (χ1) is 13.4. The molecule has 11 heteroatoms. The second-order valence-corrected chi connectivity index (χ2v) is 6.85. The summed E-state index contributed by atoms with van der Waals surface area (Å²) < 4.78 is 0. The van der Waals surface area contributed by atoms with Crippen molar-refractivity contribution in [2.24, 2.45) is 20.6 Å². The zero-order valence-corrected chi connectivity index (χ0v) is 18.1. The van der Waals surface area contributed by atoms with E-state index >= 15 is 0 Å². The molecule has 0 aromatic rings. The molecule has 0 bridgehead atoms. The maximum atomic E-state index is 8.62. The number of hydrogen-bond donors (Lipinski definition) is 4. The molecule has 10 nitrogen and oxygen atoms in total. The Bertz CT molecular complexity index is 626. The van der Waals surface area contributed by atoms with E-state index in [0.29, 0.717) is 22.8 Å². The molecule has 1 fully saturated rings. The number of rotatable bonds is 4. The summed E-state index contributed by atoms with van der Waals surface area (Å²) in [6.45, 7) is 6.92. The maximum absolute atomic E-state index is 8.62. The molecule has 29 heavy (non-hydrogen) atoms. The van der Waals surface area contributed by atoms with Gasteiger partial charge in [-0.1, -0.05) is 49.5 Å². The van der Waals surface area contributed by atoms with Gasteiger partial charge in [-0.15, -0.1) is 26.7 Å². The van der Waals surface area contributed by atoms with Gasteiger partial charge in [0.05, 0.1) is 0 Å². The normalized spacial score (nSPS) is 28.8. The Morgan fingerprint density at radius 2 is 1.17 bits per heavy atom. The predicted octanol–water partition coefficient (Wildman–Crippen LogP) is 3.74. The molecular formula is C18H30N6NiO4. The molecule has 2 heterocycles. The summed E-state index contributed by atoms with van der Waals surface area (Å²) in [5, 5.41) is 55.7. The topological polar surface area (TPSA) is 159 Å². The molecular weight excluding hydrogens is 423 g/mol. The van der Waals surface area contributed by atoms with E-state index in [1.807, 2.05) is 12.2 Å². The van der Waals surface area contributed by atoms with Crippen LogP contribution in [-0.2, 0) is 16.5 Å². The van der Waals surface area contributed by atoms with E-state index in [9.17, 15) is 0 Å². The van der Waals surface area contributed by atoms with Crippen LogP contribution < -0.4 is 0 Å². The van der Waals surface area contributed by atoms with Crippen LogP contribution in [-0.4, -0.2) is 67.8 Å². The predicted molar refractivity (Wildman–Crippen MR) is 109 cm³/mol. The van der Waals surface area contributed by atoms with Gasteiger partial charge in [0, 0.05) is 22.8 Å². The average Bonchev–Trinajstić information content (AvgIpc) is 2.77. The SMILES string of the molecule is CC(=NO)C1C=CCC(C(C)=NO)[N-]1.CC(=NO)C1CCCC(C(C)=NO)[N-]1.[Ni+2]. The summed E-state index contributed by atoms with van der Waals surface area (Å²) in [4.78, 5) is 0. The molecule has 0 spiro atoms. The summed E-state index contributed by atoms with van der Waals surface area (Å²) in [7, 11) is 0. The van der Waals surface area contributed by atoms with Crippen molar-refractivity contribution in [1.29, 1.82) is 0 Å². The number of hydrogen-bond acceptors (Lipinski definition) is 8. The fourth-order valence-corrected chi connectivity index (χ4v) is 2.93. The van der Waals surface area contributed by atoms with E-state index in [0.717, 1.165) is 25.7 Å². The van der Waals surface area contributed by atoms with Crippen LogP contribution in [0.15, 0.2) is 32.8 Å². The third-order valence-corrected chi connectivity index (χ3v) is 4.84. The van der Waals surface area contributed by atoms with Crippen LogP contribution in [0.5, 0.6) is 0 Å². The van der Waals surface area contributed by atoms with E-state index in [-0.39, 0.29) is 40.7 Å². The van der Waals surface area contributed by atoms with E-state index in [4.69, 9.17) is 20.8 Å². The summed E-state index contributed by atoms with van der Waals surface area (Å²) in [5.41, 5.74) is 2.36. The molecule has 2 aliphatic rings. The minimum atomic E-state index is -0.213. The Kier molecular flexibility index (Phi) is 13.1. The fourth-order valence-electron chi connectivity index (χ4n) is 2.93. The first-order valence-corrected chi connectivity index (χ1v) is 9.18. The maximum Gasteiger partial charge on any atom is 2.00 e. The monoisotopic (exact) mass is 452 g/mol. The van der Waals surface area contributed by atoms with Crippen LogP contribution >= 0.6 is 0 Å². The number of oxime groups is 4. The molecule has 0 radical (unpaired) electrons. The van der Waals surface area contributed by atoms with Crippen LogP contribution in [0.1, 0.15) is 53.4 Å². The van der Waals surface area contributed by atoms with Gasteiger partial charge in [0.15, 0.2) is 0 Å². The fraction of sp³-hybridized carbons (Fsp3) is 0.667. The molecule has 4 unspecified atom stereocenters. The zero-order valence-electron chi connectivity index (χ0n) is 17.1. The van der Waals surface area contributed by atoms with Gasteiger partial charge < -0.3 is 31.5 Å². The van der Waals surface area contributed by atoms with Gasteiger partial charge >= 0.3 is 16.5 Å². The summed E-state index contributed by atoms with van der Waals surface area (Å²) in [5.74, 6) is 0. The molecule has 2 rings (SSSR count). The first-order valence-electron chi connectivity index (χ1n) is 9.18. The third-order valence-electron chi connectivity index (χ3n) is 4.84. The molecule has 4 atom stereocenters. The van der Waals surface area contributed by atoms with Gasteiger partial charge in [-0.3, -0.25) is 0 Å². The molecule has 0 aliphatic carbocycles. The van der Waals surface area contributed by atoms with Gasteiger partial charge in [-0.05, 0) is 34.1 Å². The molecule has 2 aliphatic heterocycles. The Morgan fingerprint density at radius 3 is 1.62 bits per heavy atom. The van der Waals surface area contributed by atoms with Crippen LogP contribution in [0.4, 0.5) is 0 Å². The zero-order chi connectivity index (χ0) is 21.1. The number of piperidine rings is 1. The Labute approximate surface area is 181 Å².